The molecule has 0 saturated carbocycles. The van der Waals surface area contributed by atoms with Crippen LogP contribution in [-0.4, -0.2) is 0 Å². The molecule has 0 aliphatic carbocycles. The van der Waals surface area contributed by atoms with Crippen molar-refractivity contribution in [2.45, 2.75) is 107 Å². The standard InChI is InChI=1S/C30H50/c1-10-26(6)20-22-30(29(9)19-12-15-25(4)5)23-21-28(8)18-13-17-27(7)16-11-14-24(2)3/h10,14-15,17,21-22,26,29H,1,11-13,16,18-20,23H2,2-9H3/b27-17+,28-21+,30-22+/t26-,29-/m1/s1. The fourth-order valence-corrected chi connectivity index (χ4v) is 3.36. The quantitative estimate of drug-likeness (QED) is 0.235. The lowest BCUT2D eigenvalue weighted by atomic mass is 9.90. The van der Waals surface area contributed by atoms with Gasteiger partial charge in [0.1, 0.15) is 0 Å². The molecule has 30 heavy (non-hydrogen) atoms. The fraction of sp³-hybridized carbons (Fsp3) is 0.600. The van der Waals surface area contributed by atoms with Crippen LogP contribution in [0.5, 0.6) is 0 Å². The van der Waals surface area contributed by atoms with Gasteiger partial charge in [0.05, 0.1) is 0 Å². The Hall–Kier alpha value is -1.56. The summed E-state index contributed by atoms with van der Waals surface area (Å²) in [5.74, 6) is 1.19. The van der Waals surface area contributed by atoms with Crippen molar-refractivity contribution in [2.75, 3.05) is 0 Å². The second-order valence-corrected chi connectivity index (χ2v) is 9.65. The van der Waals surface area contributed by atoms with Crippen LogP contribution < -0.4 is 0 Å². The van der Waals surface area contributed by atoms with E-state index in [0.717, 1.165) is 19.3 Å². The van der Waals surface area contributed by atoms with Gasteiger partial charge in [-0.1, -0.05) is 78.2 Å². The lowest BCUT2D eigenvalue weighted by molar-refractivity contribution is 0.600. The maximum Gasteiger partial charge on any atom is -0.0134 e. The topological polar surface area (TPSA) is 0 Å². The first kappa shape index (κ1) is 28.4. The van der Waals surface area contributed by atoms with Crippen molar-refractivity contribution in [3.8, 4) is 0 Å². The molecule has 0 aliphatic heterocycles. The first-order valence-electron chi connectivity index (χ1n) is 12.0. The highest BCUT2D eigenvalue weighted by atomic mass is 14.1. The Morgan fingerprint density at radius 1 is 0.700 bits per heavy atom. The Kier molecular flexibility index (Phi) is 16.3. The summed E-state index contributed by atoms with van der Waals surface area (Å²) in [6, 6.07) is 0. The van der Waals surface area contributed by atoms with Gasteiger partial charge >= 0.3 is 0 Å². The van der Waals surface area contributed by atoms with Crippen LogP contribution in [-0.2, 0) is 0 Å². The largest absolute Gasteiger partial charge is 0.103 e. The second kappa shape index (κ2) is 17.2. The van der Waals surface area contributed by atoms with Crippen LogP contribution in [0.4, 0.5) is 0 Å². The molecular formula is C30H50. The first-order chi connectivity index (χ1) is 14.1. The Bertz CT molecular complexity index is 625. The van der Waals surface area contributed by atoms with Crippen molar-refractivity contribution < 1.29 is 0 Å². The van der Waals surface area contributed by atoms with Gasteiger partial charge < -0.3 is 0 Å². The zero-order chi connectivity index (χ0) is 22.9. The summed E-state index contributed by atoms with van der Waals surface area (Å²) in [7, 11) is 0. The summed E-state index contributed by atoms with van der Waals surface area (Å²) >= 11 is 0. The van der Waals surface area contributed by atoms with Crippen LogP contribution in [0, 0.1) is 11.8 Å². The molecule has 0 heterocycles. The molecule has 0 saturated heterocycles. The summed E-state index contributed by atoms with van der Waals surface area (Å²) in [5, 5.41) is 0. The lowest BCUT2D eigenvalue weighted by Gasteiger charge is -2.16. The second-order valence-electron chi connectivity index (χ2n) is 9.65. The van der Waals surface area contributed by atoms with Crippen molar-refractivity contribution in [3.63, 3.8) is 0 Å². The molecule has 0 aliphatic rings. The molecule has 0 heteroatoms. The van der Waals surface area contributed by atoms with E-state index in [4.69, 9.17) is 0 Å². The van der Waals surface area contributed by atoms with Gasteiger partial charge in [0, 0.05) is 0 Å². The van der Waals surface area contributed by atoms with Gasteiger partial charge in [0.15, 0.2) is 0 Å². The molecule has 0 aromatic carbocycles. The summed E-state index contributed by atoms with van der Waals surface area (Å²) in [4.78, 5) is 0. The monoisotopic (exact) mass is 410 g/mol. The van der Waals surface area contributed by atoms with Crippen molar-refractivity contribution in [3.05, 3.63) is 70.9 Å². The Labute approximate surface area is 189 Å². The minimum absolute atomic E-state index is 0.550. The predicted molar refractivity (Wildman–Crippen MR) is 140 cm³/mol. The third-order valence-electron chi connectivity index (χ3n) is 5.75. The number of hydrogen-bond donors (Lipinski definition) is 0. The third kappa shape index (κ3) is 16.3. The normalized spacial score (nSPS) is 14.9. The number of rotatable bonds is 15. The highest BCUT2D eigenvalue weighted by Gasteiger charge is 2.08. The van der Waals surface area contributed by atoms with Gasteiger partial charge in [0.2, 0.25) is 0 Å². The third-order valence-corrected chi connectivity index (χ3v) is 5.75. The zero-order valence-corrected chi connectivity index (χ0v) is 21.5. The number of hydrogen-bond acceptors (Lipinski definition) is 0. The molecule has 0 aromatic rings. The van der Waals surface area contributed by atoms with E-state index in [-0.39, 0.29) is 0 Å². The highest BCUT2D eigenvalue weighted by molar-refractivity contribution is 5.15. The summed E-state index contributed by atoms with van der Waals surface area (Å²) in [6.07, 6.45) is 23.4. The van der Waals surface area contributed by atoms with E-state index in [9.17, 15) is 0 Å². The smallest absolute Gasteiger partial charge is 0.0134 e. The average Bonchev–Trinajstić information content (AvgIpc) is 2.66. The summed E-state index contributed by atoms with van der Waals surface area (Å²) < 4.78 is 0. The minimum atomic E-state index is 0.550. The molecule has 0 radical (unpaired) electrons. The van der Waals surface area contributed by atoms with E-state index in [2.05, 4.69) is 98.4 Å². The van der Waals surface area contributed by atoms with Crippen LogP contribution in [0.2, 0.25) is 0 Å². The molecule has 0 amide bonds. The van der Waals surface area contributed by atoms with Crippen molar-refractivity contribution in [2.24, 2.45) is 11.8 Å². The molecule has 0 nitrogen and oxygen atoms in total. The molecule has 0 aromatic heterocycles. The molecule has 170 valence electrons. The molecule has 0 rings (SSSR count). The van der Waals surface area contributed by atoms with E-state index < -0.39 is 0 Å². The minimum Gasteiger partial charge on any atom is -0.103 e. The molecule has 0 bridgehead atoms. The maximum absolute atomic E-state index is 3.94. The molecule has 0 fully saturated rings. The Morgan fingerprint density at radius 2 is 1.23 bits per heavy atom. The highest BCUT2D eigenvalue weighted by Crippen LogP contribution is 2.24. The molecular weight excluding hydrogens is 360 g/mol. The molecule has 0 spiro atoms. The fourth-order valence-electron chi connectivity index (χ4n) is 3.36. The van der Waals surface area contributed by atoms with E-state index in [1.165, 1.54) is 54.4 Å². The first-order valence-corrected chi connectivity index (χ1v) is 12.0. The molecule has 0 unspecified atom stereocenters. The van der Waals surface area contributed by atoms with Crippen LogP contribution in [0.15, 0.2) is 70.9 Å². The van der Waals surface area contributed by atoms with Crippen molar-refractivity contribution in [1.82, 2.24) is 0 Å². The van der Waals surface area contributed by atoms with Gasteiger partial charge in [-0.3, -0.25) is 0 Å². The van der Waals surface area contributed by atoms with Crippen LogP contribution >= 0.6 is 0 Å². The van der Waals surface area contributed by atoms with Gasteiger partial charge in [-0.05, 0) is 105 Å². The van der Waals surface area contributed by atoms with Crippen LogP contribution in [0.3, 0.4) is 0 Å². The average molecular weight is 411 g/mol. The van der Waals surface area contributed by atoms with Crippen LogP contribution in [0.25, 0.3) is 0 Å². The Balaban J connectivity index is 4.79. The van der Waals surface area contributed by atoms with Gasteiger partial charge in [0.25, 0.3) is 0 Å². The lowest BCUT2D eigenvalue weighted by Crippen LogP contribution is -2.00. The number of allylic oxidation sites excluding steroid dienone is 11. The van der Waals surface area contributed by atoms with E-state index in [1.54, 1.807) is 5.57 Å². The van der Waals surface area contributed by atoms with E-state index in [1.807, 2.05) is 0 Å². The van der Waals surface area contributed by atoms with E-state index in [0.29, 0.717) is 11.8 Å². The molecule has 0 N–H and O–H groups in total. The molecule has 2 atom stereocenters. The Morgan fingerprint density at radius 3 is 1.80 bits per heavy atom. The van der Waals surface area contributed by atoms with Gasteiger partial charge in [-0.15, -0.1) is 6.58 Å². The summed E-state index contributed by atoms with van der Waals surface area (Å²) in [6.45, 7) is 21.9. The zero-order valence-electron chi connectivity index (χ0n) is 21.5. The van der Waals surface area contributed by atoms with Crippen LogP contribution in [0.1, 0.15) is 107 Å². The SMILES string of the molecule is C=C[C@@H](C)C/C=C(\C/C=C(\C)CC/C=C(\C)CCC=C(C)C)[C@H](C)CCC=C(C)C. The van der Waals surface area contributed by atoms with Crippen molar-refractivity contribution >= 4 is 0 Å². The van der Waals surface area contributed by atoms with Gasteiger partial charge in [-0.25, -0.2) is 0 Å². The van der Waals surface area contributed by atoms with E-state index >= 15 is 0 Å². The maximum atomic E-state index is 3.94. The predicted octanol–water partition coefficient (Wildman–Crippen LogP) is 10.3. The van der Waals surface area contributed by atoms with Crippen molar-refractivity contribution in [1.29, 1.82) is 0 Å². The van der Waals surface area contributed by atoms with Gasteiger partial charge in [-0.2, -0.15) is 0 Å². The summed E-state index contributed by atoms with van der Waals surface area (Å²) in [5.41, 5.74) is 7.48.